The van der Waals surface area contributed by atoms with Gasteiger partial charge in [0.05, 0.1) is 17.0 Å². The molecule has 0 aliphatic carbocycles. The van der Waals surface area contributed by atoms with Crippen LogP contribution < -0.4 is 5.32 Å². The molecule has 1 aromatic heterocycles. The average Bonchev–Trinajstić information content (AvgIpc) is 2.74. The van der Waals surface area contributed by atoms with E-state index in [-0.39, 0.29) is 18.0 Å². The number of aromatic nitrogens is 2. The van der Waals surface area contributed by atoms with Crippen LogP contribution in [0.3, 0.4) is 0 Å². The summed E-state index contributed by atoms with van der Waals surface area (Å²) in [6.07, 6.45) is 0.229. The molecule has 0 unspecified atom stereocenters. The van der Waals surface area contributed by atoms with Gasteiger partial charge in [-0.15, -0.1) is 0 Å². The highest BCUT2D eigenvalue weighted by Crippen LogP contribution is 2.18. The van der Waals surface area contributed by atoms with Gasteiger partial charge in [0, 0.05) is 35.6 Å². The lowest BCUT2D eigenvalue weighted by atomic mass is 10.1. The summed E-state index contributed by atoms with van der Waals surface area (Å²) >= 11 is 0. The molecule has 1 N–H and O–H groups in total. The molecule has 24 heavy (non-hydrogen) atoms. The van der Waals surface area contributed by atoms with Gasteiger partial charge in [0.25, 0.3) is 5.69 Å². The Morgan fingerprint density at radius 2 is 1.92 bits per heavy atom. The molecule has 128 valence electrons. The van der Waals surface area contributed by atoms with Crippen molar-refractivity contribution in [2.75, 3.05) is 5.32 Å². The smallest absolute Gasteiger partial charge is 0.269 e. The Balaban J connectivity index is 2.07. The van der Waals surface area contributed by atoms with Gasteiger partial charge in [-0.3, -0.25) is 19.6 Å². The number of nitrogens with one attached hydrogen (secondary N) is 1. The number of amides is 1. The number of hydrogen-bond acceptors (Lipinski definition) is 4. The van der Waals surface area contributed by atoms with Crippen molar-refractivity contribution in [1.29, 1.82) is 0 Å². The molecule has 2 rings (SSSR count). The van der Waals surface area contributed by atoms with Gasteiger partial charge in [0.15, 0.2) is 0 Å². The molecule has 0 aliphatic rings. The number of nitro benzene ring substituents is 1. The van der Waals surface area contributed by atoms with Gasteiger partial charge in [0.1, 0.15) is 0 Å². The molecule has 0 saturated carbocycles. The lowest BCUT2D eigenvalue weighted by Crippen LogP contribution is -2.15. The van der Waals surface area contributed by atoms with Crippen LogP contribution in [-0.4, -0.2) is 20.6 Å². The highest BCUT2D eigenvalue weighted by atomic mass is 16.6. The fourth-order valence-electron chi connectivity index (χ4n) is 2.55. The summed E-state index contributed by atoms with van der Waals surface area (Å²) in [6, 6.07) is 5.79. The molecule has 1 aromatic carbocycles. The standard InChI is InChI=1S/C17H22N4O3/c1-11(2)10-20-13(4)16(12(3)19-20)9-17(22)18-14-5-7-15(8-6-14)21(23)24/h5-8,11H,9-10H2,1-4H3,(H,18,22). The largest absolute Gasteiger partial charge is 0.326 e. The molecule has 0 aliphatic heterocycles. The molecule has 0 fully saturated rings. The molecule has 0 radical (unpaired) electrons. The molecule has 1 heterocycles. The van der Waals surface area contributed by atoms with E-state index in [1.54, 1.807) is 0 Å². The summed E-state index contributed by atoms with van der Waals surface area (Å²) < 4.78 is 1.94. The Bertz CT molecular complexity index is 748. The van der Waals surface area contributed by atoms with E-state index in [1.807, 2.05) is 18.5 Å². The quantitative estimate of drug-likeness (QED) is 0.650. The molecule has 7 nitrogen and oxygen atoms in total. The van der Waals surface area contributed by atoms with Crippen molar-refractivity contribution in [2.24, 2.45) is 5.92 Å². The number of rotatable bonds is 6. The number of carbonyl (C=O) groups is 1. The summed E-state index contributed by atoms with van der Waals surface area (Å²) in [5.41, 5.74) is 3.31. The van der Waals surface area contributed by atoms with Crippen LogP contribution in [-0.2, 0) is 17.8 Å². The second kappa shape index (κ2) is 7.25. The average molecular weight is 330 g/mol. The molecule has 1 amide bonds. The van der Waals surface area contributed by atoms with Crippen molar-refractivity contribution in [2.45, 2.75) is 40.7 Å². The van der Waals surface area contributed by atoms with E-state index in [0.717, 1.165) is 23.5 Å². The second-order valence-electron chi connectivity index (χ2n) is 6.25. The van der Waals surface area contributed by atoms with E-state index in [4.69, 9.17) is 0 Å². The van der Waals surface area contributed by atoms with Crippen LogP contribution in [0, 0.1) is 29.9 Å². The molecule has 2 aromatic rings. The van der Waals surface area contributed by atoms with Crippen LogP contribution in [0.4, 0.5) is 11.4 Å². The maximum Gasteiger partial charge on any atom is 0.269 e. The third-order valence-corrected chi connectivity index (χ3v) is 3.77. The van der Waals surface area contributed by atoms with Crippen molar-refractivity contribution in [3.05, 3.63) is 51.3 Å². The van der Waals surface area contributed by atoms with Crippen LogP contribution in [0.1, 0.15) is 30.8 Å². The number of non-ortho nitro benzene ring substituents is 1. The zero-order valence-corrected chi connectivity index (χ0v) is 14.4. The van der Waals surface area contributed by atoms with Crippen LogP contribution >= 0.6 is 0 Å². The maximum atomic E-state index is 12.3. The third kappa shape index (κ3) is 4.18. The highest BCUT2D eigenvalue weighted by Gasteiger charge is 2.16. The monoisotopic (exact) mass is 330 g/mol. The van der Waals surface area contributed by atoms with Crippen molar-refractivity contribution in [3.63, 3.8) is 0 Å². The van der Waals surface area contributed by atoms with Crippen molar-refractivity contribution >= 4 is 17.3 Å². The first-order chi connectivity index (χ1) is 11.3. The molecular weight excluding hydrogens is 308 g/mol. The number of carbonyl (C=O) groups excluding carboxylic acids is 1. The number of anilines is 1. The predicted octanol–water partition coefficient (Wildman–Crippen LogP) is 3.25. The SMILES string of the molecule is Cc1nn(CC(C)C)c(C)c1CC(=O)Nc1ccc([N+](=O)[O-])cc1. The van der Waals surface area contributed by atoms with E-state index in [1.165, 1.54) is 24.3 Å². The Morgan fingerprint density at radius 3 is 2.46 bits per heavy atom. The molecule has 0 atom stereocenters. The summed E-state index contributed by atoms with van der Waals surface area (Å²) in [5, 5.41) is 17.9. The Kier molecular flexibility index (Phi) is 5.33. The fourth-order valence-corrected chi connectivity index (χ4v) is 2.55. The minimum absolute atomic E-state index is 0.00495. The predicted molar refractivity (Wildman–Crippen MR) is 92.0 cm³/mol. The van der Waals surface area contributed by atoms with E-state index in [0.29, 0.717) is 11.6 Å². The maximum absolute atomic E-state index is 12.3. The van der Waals surface area contributed by atoms with Gasteiger partial charge in [-0.1, -0.05) is 13.8 Å². The normalized spacial score (nSPS) is 10.9. The number of aryl methyl sites for hydroxylation is 1. The lowest BCUT2D eigenvalue weighted by Gasteiger charge is -2.08. The van der Waals surface area contributed by atoms with E-state index < -0.39 is 4.92 Å². The minimum Gasteiger partial charge on any atom is -0.326 e. The molecule has 0 spiro atoms. The molecule has 7 heteroatoms. The van der Waals surface area contributed by atoms with Gasteiger partial charge in [-0.2, -0.15) is 5.10 Å². The second-order valence-corrected chi connectivity index (χ2v) is 6.25. The van der Waals surface area contributed by atoms with Crippen LogP contribution in [0.2, 0.25) is 0 Å². The van der Waals surface area contributed by atoms with Gasteiger partial charge < -0.3 is 5.32 Å². The fraction of sp³-hybridized carbons (Fsp3) is 0.412. The van der Waals surface area contributed by atoms with E-state index >= 15 is 0 Å². The van der Waals surface area contributed by atoms with Crippen LogP contribution in [0.5, 0.6) is 0 Å². The number of hydrogen-bond donors (Lipinski definition) is 1. The Hall–Kier alpha value is -2.70. The van der Waals surface area contributed by atoms with Crippen LogP contribution in [0.15, 0.2) is 24.3 Å². The van der Waals surface area contributed by atoms with Gasteiger partial charge in [0.2, 0.25) is 5.91 Å². The lowest BCUT2D eigenvalue weighted by molar-refractivity contribution is -0.384. The van der Waals surface area contributed by atoms with Gasteiger partial charge >= 0.3 is 0 Å². The highest BCUT2D eigenvalue weighted by molar-refractivity contribution is 5.92. The van der Waals surface area contributed by atoms with Crippen molar-refractivity contribution in [1.82, 2.24) is 9.78 Å². The van der Waals surface area contributed by atoms with Gasteiger partial charge in [-0.05, 0) is 31.9 Å². The molecule has 0 bridgehead atoms. The summed E-state index contributed by atoms with van der Waals surface area (Å²) in [5.74, 6) is 0.309. The van der Waals surface area contributed by atoms with Gasteiger partial charge in [-0.25, -0.2) is 0 Å². The van der Waals surface area contributed by atoms with E-state index in [2.05, 4.69) is 24.3 Å². The Morgan fingerprint density at radius 1 is 1.29 bits per heavy atom. The van der Waals surface area contributed by atoms with Crippen molar-refractivity contribution < 1.29 is 9.72 Å². The summed E-state index contributed by atoms with van der Waals surface area (Å²) in [4.78, 5) is 22.4. The zero-order chi connectivity index (χ0) is 17.9. The Labute approximate surface area is 140 Å². The van der Waals surface area contributed by atoms with Crippen LogP contribution in [0.25, 0.3) is 0 Å². The number of benzene rings is 1. The summed E-state index contributed by atoms with van der Waals surface area (Å²) in [6.45, 7) is 8.93. The van der Waals surface area contributed by atoms with E-state index in [9.17, 15) is 14.9 Å². The minimum atomic E-state index is -0.471. The first-order valence-electron chi connectivity index (χ1n) is 7.85. The zero-order valence-electron chi connectivity index (χ0n) is 14.4. The third-order valence-electron chi connectivity index (χ3n) is 3.77. The molecular formula is C17H22N4O3. The number of nitro groups is 1. The first kappa shape index (κ1) is 17.7. The summed E-state index contributed by atoms with van der Waals surface area (Å²) in [7, 11) is 0. The van der Waals surface area contributed by atoms with Crippen molar-refractivity contribution in [3.8, 4) is 0 Å². The topological polar surface area (TPSA) is 90.1 Å². The molecule has 0 saturated heterocycles. The number of nitrogens with zero attached hydrogens (tertiary/aromatic N) is 3. The first-order valence-corrected chi connectivity index (χ1v) is 7.85.